The van der Waals surface area contributed by atoms with Crippen LogP contribution in [0.2, 0.25) is 0 Å². The van der Waals surface area contributed by atoms with Gasteiger partial charge >= 0.3 is 0 Å². The van der Waals surface area contributed by atoms with E-state index in [1.54, 1.807) is 7.05 Å². The highest BCUT2D eigenvalue weighted by molar-refractivity contribution is 9.10. The van der Waals surface area contributed by atoms with Crippen LogP contribution < -0.4 is 10.0 Å². The molecule has 2 heterocycles. The van der Waals surface area contributed by atoms with Gasteiger partial charge in [0.2, 0.25) is 0 Å². The van der Waals surface area contributed by atoms with Gasteiger partial charge in [0.15, 0.2) is 0 Å². The number of sulfonamides is 1. The topological polar surface area (TPSA) is 96.9 Å². The van der Waals surface area contributed by atoms with E-state index in [1.807, 2.05) is 0 Å². The molecule has 0 bridgehead atoms. The molecule has 2 aromatic rings. The number of halogens is 1. The highest BCUT2D eigenvalue weighted by Crippen LogP contribution is 2.24. The number of nitrogens with one attached hydrogen (secondary N) is 2. The highest BCUT2D eigenvalue weighted by atomic mass is 79.9. The van der Waals surface area contributed by atoms with Crippen LogP contribution in [-0.4, -0.2) is 30.4 Å². The average molecular weight is 344 g/mol. The molecule has 0 atom stereocenters. The molecule has 0 aliphatic rings. The second-order valence-electron chi connectivity index (χ2n) is 3.48. The van der Waals surface area contributed by atoms with E-state index in [4.69, 9.17) is 0 Å². The van der Waals surface area contributed by atoms with Gasteiger partial charge in [-0.25, -0.2) is 23.4 Å². The molecule has 100 valence electrons. The van der Waals surface area contributed by atoms with Gasteiger partial charge < -0.3 is 5.32 Å². The second kappa shape index (κ2) is 5.49. The summed E-state index contributed by atoms with van der Waals surface area (Å²) in [4.78, 5) is 11.5. The molecule has 0 aliphatic heterocycles. The van der Waals surface area contributed by atoms with Crippen molar-refractivity contribution in [1.29, 1.82) is 0 Å². The maximum atomic E-state index is 12.3. The molecule has 9 heteroatoms. The number of aromatic nitrogens is 3. The molecule has 0 aromatic carbocycles. The third kappa shape index (κ3) is 3.18. The molecule has 0 spiro atoms. The summed E-state index contributed by atoms with van der Waals surface area (Å²) in [6.07, 6.45) is 5.57. The van der Waals surface area contributed by atoms with Gasteiger partial charge in [-0.15, -0.1) is 0 Å². The largest absolute Gasteiger partial charge is 0.372 e. The third-order valence-corrected chi connectivity index (χ3v) is 3.99. The SMILES string of the molecule is CNc1ncc(Br)cc1S(=O)(=O)Nc1cncnc1. The van der Waals surface area contributed by atoms with E-state index in [0.29, 0.717) is 4.47 Å². The van der Waals surface area contributed by atoms with Crippen molar-refractivity contribution < 1.29 is 8.42 Å². The van der Waals surface area contributed by atoms with Gasteiger partial charge in [0.05, 0.1) is 18.1 Å². The van der Waals surface area contributed by atoms with E-state index in [-0.39, 0.29) is 16.4 Å². The van der Waals surface area contributed by atoms with Crippen LogP contribution in [0.15, 0.2) is 40.4 Å². The van der Waals surface area contributed by atoms with Crippen molar-refractivity contribution in [3.63, 3.8) is 0 Å². The van der Waals surface area contributed by atoms with Crippen molar-refractivity contribution in [1.82, 2.24) is 15.0 Å². The van der Waals surface area contributed by atoms with Crippen LogP contribution >= 0.6 is 15.9 Å². The zero-order valence-electron chi connectivity index (χ0n) is 9.83. The number of rotatable bonds is 4. The zero-order chi connectivity index (χ0) is 13.9. The Morgan fingerprint density at radius 2 is 1.89 bits per heavy atom. The number of hydrogen-bond acceptors (Lipinski definition) is 6. The Morgan fingerprint density at radius 1 is 1.21 bits per heavy atom. The number of anilines is 2. The van der Waals surface area contributed by atoms with Crippen LogP contribution in [0.25, 0.3) is 0 Å². The predicted octanol–water partition coefficient (Wildman–Crippen LogP) is 1.48. The fraction of sp³-hybridized carbons (Fsp3) is 0.100. The molecule has 0 aliphatic carbocycles. The Bertz CT molecular complexity index is 678. The zero-order valence-corrected chi connectivity index (χ0v) is 12.2. The summed E-state index contributed by atoms with van der Waals surface area (Å²) in [6.45, 7) is 0. The lowest BCUT2D eigenvalue weighted by Gasteiger charge is -2.11. The summed E-state index contributed by atoms with van der Waals surface area (Å²) in [5.74, 6) is 0.257. The van der Waals surface area contributed by atoms with Crippen molar-refractivity contribution in [2.24, 2.45) is 0 Å². The van der Waals surface area contributed by atoms with Crippen molar-refractivity contribution in [3.8, 4) is 0 Å². The minimum Gasteiger partial charge on any atom is -0.372 e. The first kappa shape index (κ1) is 13.7. The van der Waals surface area contributed by atoms with Gasteiger partial charge in [0.25, 0.3) is 10.0 Å². The fourth-order valence-corrected chi connectivity index (χ4v) is 3.08. The maximum Gasteiger partial charge on any atom is 0.265 e. The van der Waals surface area contributed by atoms with E-state index in [2.05, 4.69) is 40.9 Å². The Labute approximate surface area is 118 Å². The van der Waals surface area contributed by atoms with E-state index in [1.165, 1.54) is 31.0 Å². The molecular weight excluding hydrogens is 334 g/mol. The number of pyridine rings is 1. The average Bonchev–Trinajstić information content (AvgIpc) is 2.39. The highest BCUT2D eigenvalue weighted by Gasteiger charge is 2.20. The second-order valence-corrected chi connectivity index (χ2v) is 6.05. The summed E-state index contributed by atoms with van der Waals surface area (Å²) in [5, 5.41) is 2.73. The Hall–Kier alpha value is -1.74. The molecule has 19 heavy (non-hydrogen) atoms. The Balaban J connectivity index is 2.42. The van der Waals surface area contributed by atoms with Gasteiger partial charge in [0.1, 0.15) is 17.0 Å². The molecule has 0 fully saturated rings. The van der Waals surface area contributed by atoms with Crippen molar-refractivity contribution in [3.05, 3.63) is 35.5 Å². The summed E-state index contributed by atoms with van der Waals surface area (Å²) >= 11 is 3.20. The molecule has 0 unspecified atom stereocenters. The molecular formula is C10H10BrN5O2S. The maximum absolute atomic E-state index is 12.3. The molecule has 2 rings (SSSR count). The summed E-state index contributed by atoms with van der Waals surface area (Å²) in [6, 6.07) is 1.46. The molecule has 2 N–H and O–H groups in total. The van der Waals surface area contributed by atoms with Gasteiger partial charge in [-0.1, -0.05) is 0 Å². The van der Waals surface area contributed by atoms with Crippen LogP contribution in [0.5, 0.6) is 0 Å². The van der Waals surface area contributed by atoms with Crippen molar-refractivity contribution >= 4 is 37.5 Å². The normalized spacial score (nSPS) is 11.1. The monoisotopic (exact) mass is 343 g/mol. The summed E-state index contributed by atoms with van der Waals surface area (Å²) < 4.78 is 27.5. The van der Waals surface area contributed by atoms with Crippen LogP contribution in [0, 0.1) is 0 Å². The van der Waals surface area contributed by atoms with Gasteiger partial charge in [-0.2, -0.15) is 0 Å². The quantitative estimate of drug-likeness (QED) is 0.872. The van der Waals surface area contributed by atoms with Crippen LogP contribution in [0.3, 0.4) is 0 Å². The lowest BCUT2D eigenvalue weighted by molar-refractivity contribution is 0.601. The van der Waals surface area contributed by atoms with Crippen LogP contribution in [0.4, 0.5) is 11.5 Å². The van der Waals surface area contributed by atoms with E-state index < -0.39 is 10.0 Å². The van der Waals surface area contributed by atoms with Gasteiger partial charge in [-0.3, -0.25) is 4.72 Å². The van der Waals surface area contributed by atoms with E-state index >= 15 is 0 Å². The fourth-order valence-electron chi connectivity index (χ4n) is 1.38. The van der Waals surface area contributed by atoms with Gasteiger partial charge in [-0.05, 0) is 22.0 Å². The van der Waals surface area contributed by atoms with Crippen molar-refractivity contribution in [2.45, 2.75) is 4.90 Å². The van der Waals surface area contributed by atoms with E-state index in [0.717, 1.165) is 0 Å². The molecule has 2 aromatic heterocycles. The predicted molar refractivity (Wildman–Crippen MR) is 74.3 cm³/mol. The Morgan fingerprint density at radius 3 is 2.53 bits per heavy atom. The minimum absolute atomic E-state index is 0.0354. The van der Waals surface area contributed by atoms with Crippen molar-refractivity contribution in [2.75, 3.05) is 17.1 Å². The smallest absolute Gasteiger partial charge is 0.265 e. The molecule has 0 amide bonds. The minimum atomic E-state index is -3.76. The summed E-state index contributed by atoms with van der Waals surface area (Å²) in [5.41, 5.74) is 0.282. The molecule has 0 saturated heterocycles. The van der Waals surface area contributed by atoms with Crippen LogP contribution in [-0.2, 0) is 10.0 Å². The van der Waals surface area contributed by atoms with Gasteiger partial charge in [0, 0.05) is 17.7 Å². The van der Waals surface area contributed by atoms with Crippen LogP contribution in [0.1, 0.15) is 0 Å². The summed E-state index contributed by atoms with van der Waals surface area (Å²) in [7, 11) is -2.17. The first-order valence-electron chi connectivity index (χ1n) is 5.14. The first-order valence-corrected chi connectivity index (χ1v) is 7.41. The Kier molecular flexibility index (Phi) is 3.96. The number of nitrogens with zero attached hydrogens (tertiary/aromatic N) is 3. The third-order valence-electron chi connectivity index (χ3n) is 2.16. The first-order chi connectivity index (χ1) is 9.03. The standard InChI is InChI=1S/C10H10BrN5O2S/c1-12-10-9(2-7(11)3-15-10)19(17,18)16-8-4-13-6-14-5-8/h2-6,16H,1H3,(H,12,15). The number of hydrogen-bond donors (Lipinski definition) is 2. The lowest BCUT2D eigenvalue weighted by Crippen LogP contribution is -2.15. The van der Waals surface area contributed by atoms with E-state index in [9.17, 15) is 8.42 Å². The lowest BCUT2D eigenvalue weighted by atomic mass is 10.4. The molecule has 7 nitrogen and oxygen atoms in total. The molecule has 0 saturated carbocycles. The molecule has 0 radical (unpaired) electrons.